The summed E-state index contributed by atoms with van der Waals surface area (Å²) in [7, 11) is 0. The highest BCUT2D eigenvalue weighted by Gasteiger charge is 2.32. The van der Waals surface area contributed by atoms with Crippen LogP contribution in [0.3, 0.4) is 0 Å². The Morgan fingerprint density at radius 1 is 1.39 bits per heavy atom. The molecule has 1 aliphatic rings. The first kappa shape index (κ1) is 17.8. The standard InChI is InChI=1S/C18H28N2O3/c1-5-6-7-14-8-9-16(13(2)10-14)20-17(21)19-11-15-12-22-18(3,4)23-15/h8-10,15H,5-7,11-12H2,1-4H3,(H2,19,20,21). The van der Waals surface area contributed by atoms with Gasteiger partial charge in [0.2, 0.25) is 0 Å². The first-order chi connectivity index (χ1) is 10.9. The Hall–Kier alpha value is -1.59. The van der Waals surface area contributed by atoms with E-state index in [9.17, 15) is 4.79 Å². The summed E-state index contributed by atoms with van der Waals surface area (Å²) in [5, 5.41) is 5.72. The zero-order valence-corrected chi connectivity index (χ0v) is 14.6. The third-order valence-corrected chi connectivity index (χ3v) is 3.92. The largest absolute Gasteiger partial charge is 0.348 e. The molecule has 1 unspecified atom stereocenters. The minimum atomic E-state index is -0.562. The molecule has 0 aliphatic carbocycles. The summed E-state index contributed by atoms with van der Waals surface area (Å²) in [4.78, 5) is 12.0. The SMILES string of the molecule is CCCCc1ccc(NC(=O)NCC2COC(C)(C)O2)c(C)c1. The molecule has 128 valence electrons. The van der Waals surface area contributed by atoms with E-state index in [1.54, 1.807) is 0 Å². The van der Waals surface area contributed by atoms with Crippen molar-refractivity contribution in [2.75, 3.05) is 18.5 Å². The van der Waals surface area contributed by atoms with Crippen molar-refractivity contribution >= 4 is 11.7 Å². The number of amides is 2. The maximum Gasteiger partial charge on any atom is 0.319 e. The number of aryl methyl sites for hydroxylation is 2. The smallest absolute Gasteiger partial charge is 0.319 e. The van der Waals surface area contributed by atoms with Crippen LogP contribution in [0.2, 0.25) is 0 Å². The summed E-state index contributed by atoms with van der Waals surface area (Å²) in [6.45, 7) is 8.88. The van der Waals surface area contributed by atoms with Gasteiger partial charge in [0, 0.05) is 12.2 Å². The number of ether oxygens (including phenoxy) is 2. The van der Waals surface area contributed by atoms with Gasteiger partial charge in [-0.15, -0.1) is 0 Å². The van der Waals surface area contributed by atoms with E-state index in [1.165, 1.54) is 18.4 Å². The molecule has 1 saturated heterocycles. The quantitative estimate of drug-likeness (QED) is 0.842. The minimum absolute atomic E-state index is 0.103. The van der Waals surface area contributed by atoms with Gasteiger partial charge in [0.25, 0.3) is 0 Å². The highest BCUT2D eigenvalue weighted by molar-refractivity contribution is 5.90. The molecular formula is C18H28N2O3. The number of carbonyl (C=O) groups excluding carboxylic acids is 1. The monoisotopic (exact) mass is 320 g/mol. The van der Waals surface area contributed by atoms with Crippen molar-refractivity contribution in [3.05, 3.63) is 29.3 Å². The molecule has 1 heterocycles. The Bertz CT molecular complexity index is 543. The van der Waals surface area contributed by atoms with E-state index in [4.69, 9.17) is 9.47 Å². The fourth-order valence-electron chi connectivity index (χ4n) is 2.64. The van der Waals surface area contributed by atoms with Crippen molar-refractivity contribution in [3.63, 3.8) is 0 Å². The molecule has 1 atom stereocenters. The van der Waals surface area contributed by atoms with Crippen LogP contribution in [0, 0.1) is 6.92 Å². The van der Waals surface area contributed by atoms with Crippen molar-refractivity contribution in [1.82, 2.24) is 5.32 Å². The molecule has 1 fully saturated rings. The first-order valence-corrected chi connectivity index (χ1v) is 8.36. The molecule has 2 rings (SSSR count). The summed E-state index contributed by atoms with van der Waals surface area (Å²) in [6, 6.07) is 5.97. The predicted molar refractivity (Wildman–Crippen MR) is 91.7 cm³/mol. The number of carbonyl (C=O) groups is 1. The van der Waals surface area contributed by atoms with Crippen LogP contribution >= 0.6 is 0 Å². The minimum Gasteiger partial charge on any atom is -0.348 e. The number of benzene rings is 1. The number of anilines is 1. The van der Waals surface area contributed by atoms with E-state index >= 15 is 0 Å². The summed E-state index contributed by atoms with van der Waals surface area (Å²) in [5.41, 5.74) is 3.23. The lowest BCUT2D eigenvalue weighted by Crippen LogP contribution is -2.37. The Morgan fingerprint density at radius 3 is 2.78 bits per heavy atom. The third-order valence-electron chi connectivity index (χ3n) is 3.92. The first-order valence-electron chi connectivity index (χ1n) is 8.36. The maximum absolute atomic E-state index is 12.0. The second-order valence-corrected chi connectivity index (χ2v) is 6.54. The molecule has 0 saturated carbocycles. The number of hydrogen-bond acceptors (Lipinski definition) is 3. The van der Waals surface area contributed by atoms with Crippen LogP contribution in [0.25, 0.3) is 0 Å². The van der Waals surface area contributed by atoms with Gasteiger partial charge in [-0.2, -0.15) is 0 Å². The maximum atomic E-state index is 12.0. The molecule has 0 aromatic heterocycles. The number of nitrogens with one attached hydrogen (secondary N) is 2. The zero-order chi connectivity index (χ0) is 16.9. The average molecular weight is 320 g/mol. The third kappa shape index (κ3) is 5.52. The fraction of sp³-hybridized carbons (Fsp3) is 0.611. The normalized spacial score (nSPS) is 19.6. The van der Waals surface area contributed by atoms with E-state index in [0.29, 0.717) is 13.2 Å². The van der Waals surface area contributed by atoms with Crippen molar-refractivity contribution in [1.29, 1.82) is 0 Å². The average Bonchev–Trinajstić information content (AvgIpc) is 2.85. The highest BCUT2D eigenvalue weighted by Crippen LogP contribution is 2.22. The van der Waals surface area contributed by atoms with Crippen molar-refractivity contribution in [3.8, 4) is 0 Å². The molecule has 23 heavy (non-hydrogen) atoms. The fourth-order valence-corrected chi connectivity index (χ4v) is 2.64. The molecule has 0 radical (unpaired) electrons. The van der Waals surface area contributed by atoms with E-state index < -0.39 is 5.79 Å². The Morgan fingerprint density at radius 2 is 2.17 bits per heavy atom. The second kappa shape index (κ2) is 7.79. The van der Waals surface area contributed by atoms with Gasteiger partial charge >= 0.3 is 6.03 Å². The summed E-state index contributed by atoms with van der Waals surface area (Å²) >= 11 is 0. The molecule has 1 aromatic rings. The van der Waals surface area contributed by atoms with E-state index in [-0.39, 0.29) is 12.1 Å². The van der Waals surface area contributed by atoms with Crippen LogP contribution in [-0.4, -0.2) is 31.1 Å². The summed E-state index contributed by atoms with van der Waals surface area (Å²) < 4.78 is 11.1. The Balaban J connectivity index is 1.81. The number of rotatable bonds is 6. The van der Waals surface area contributed by atoms with Crippen molar-refractivity contribution < 1.29 is 14.3 Å². The van der Waals surface area contributed by atoms with E-state index in [1.807, 2.05) is 26.8 Å². The van der Waals surface area contributed by atoms with Crippen LogP contribution in [0.1, 0.15) is 44.7 Å². The number of urea groups is 1. The van der Waals surface area contributed by atoms with Gasteiger partial charge in [-0.1, -0.05) is 25.5 Å². The van der Waals surface area contributed by atoms with Gasteiger partial charge in [0.1, 0.15) is 6.10 Å². The molecule has 5 heteroatoms. The number of unbranched alkanes of at least 4 members (excludes halogenated alkanes) is 1. The van der Waals surface area contributed by atoms with Gasteiger partial charge in [-0.25, -0.2) is 4.79 Å². The lowest BCUT2D eigenvalue weighted by Gasteiger charge is -2.17. The second-order valence-electron chi connectivity index (χ2n) is 6.54. The van der Waals surface area contributed by atoms with Crippen LogP contribution in [0.4, 0.5) is 10.5 Å². The van der Waals surface area contributed by atoms with Gasteiger partial charge in [0.15, 0.2) is 5.79 Å². The van der Waals surface area contributed by atoms with Crippen LogP contribution in [0.15, 0.2) is 18.2 Å². The lowest BCUT2D eigenvalue weighted by molar-refractivity contribution is -0.137. The van der Waals surface area contributed by atoms with Crippen molar-refractivity contribution in [2.45, 2.75) is 58.8 Å². The molecule has 0 spiro atoms. The molecule has 1 aliphatic heterocycles. The lowest BCUT2D eigenvalue weighted by atomic mass is 10.0. The van der Waals surface area contributed by atoms with E-state index in [0.717, 1.165) is 17.7 Å². The molecule has 1 aromatic carbocycles. The van der Waals surface area contributed by atoms with Crippen LogP contribution in [-0.2, 0) is 15.9 Å². The van der Waals surface area contributed by atoms with Gasteiger partial charge in [0.05, 0.1) is 6.61 Å². The Kier molecular flexibility index (Phi) is 6.02. The zero-order valence-electron chi connectivity index (χ0n) is 14.6. The summed E-state index contributed by atoms with van der Waals surface area (Å²) in [5.74, 6) is -0.562. The van der Waals surface area contributed by atoms with Gasteiger partial charge < -0.3 is 20.1 Å². The number of hydrogen-bond donors (Lipinski definition) is 2. The summed E-state index contributed by atoms with van der Waals surface area (Å²) in [6.07, 6.45) is 3.35. The highest BCUT2D eigenvalue weighted by atomic mass is 16.7. The molecule has 2 N–H and O–H groups in total. The topological polar surface area (TPSA) is 59.6 Å². The molecule has 2 amide bonds. The Labute approximate surface area is 138 Å². The van der Waals surface area contributed by atoms with Gasteiger partial charge in [-0.05, 0) is 50.8 Å². The van der Waals surface area contributed by atoms with Crippen molar-refractivity contribution in [2.24, 2.45) is 0 Å². The van der Waals surface area contributed by atoms with Crippen LogP contribution in [0.5, 0.6) is 0 Å². The molecular weight excluding hydrogens is 292 g/mol. The predicted octanol–water partition coefficient (Wildman–Crippen LogP) is 3.61. The van der Waals surface area contributed by atoms with Crippen LogP contribution < -0.4 is 10.6 Å². The molecule has 5 nitrogen and oxygen atoms in total. The van der Waals surface area contributed by atoms with E-state index in [2.05, 4.69) is 29.7 Å². The van der Waals surface area contributed by atoms with Gasteiger partial charge in [-0.3, -0.25) is 0 Å². The molecule has 0 bridgehead atoms.